The summed E-state index contributed by atoms with van der Waals surface area (Å²) in [6.45, 7) is 0.193. The van der Waals surface area contributed by atoms with Crippen molar-refractivity contribution in [2.75, 3.05) is 0 Å². The number of rotatable bonds is 5. The molecule has 6 nitrogen and oxygen atoms in total. The summed E-state index contributed by atoms with van der Waals surface area (Å²) >= 11 is 3.15. The third kappa shape index (κ3) is 3.95. The number of benzene rings is 1. The van der Waals surface area contributed by atoms with Gasteiger partial charge in [-0.3, -0.25) is 4.79 Å². The average Bonchev–Trinajstić information content (AvgIpc) is 3.38. The molecule has 1 amide bonds. The fourth-order valence-corrected chi connectivity index (χ4v) is 3.70. The first-order valence-electron chi connectivity index (χ1n) is 8.84. The molecule has 0 radical (unpaired) electrons. The minimum atomic E-state index is -0.357. The largest absolute Gasteiger partial charge is 0.352 e. The molecule has 1 N–H and O–H groups in total. The van der Waals surface area contributed by atoms with E-state index < -0.39 is 0 Å². The maximum Gasteiger partial charge on any atom is 0.274 e. The van der Waals surface area contributed by atoms with Crippen LogP contribution >= 0.6 is 15.9 Å². The second-order valence-electron chi connectivity index (χ2n) is 6.62. The number of hydrogen-bond acceptors (Lipinski definition) is 4. The highest BCUT2D eigenvalue weighted by atomic mass is 79.9. The Morgan fingerprint density at radius 3 is 2.93 bits per heavy atom. The molecule has 1 aliphatic rings. The van der Waals surface area contributed by atoms with Gasteiger partial charge in [0.25, 0.3) is 5.89 Å². The van der Waals surface area contributed by atoms with E-state index in [0.717, 1.165) is 12.8 Å². The lowest BCUT2D eigenvalue weighted by molar-refractivity contribution is -0.122. The van der Waals surface area contributed by atoms with Gasteiger partial charge in [-0.1, -0.05) is 18.0 Å². The van der Waals surface area contributed by atoms with Crippen molar-refractivity contribution in [1.82, 2.24) is 20.0 Å². The monoisotopic (exact) mass is 432 g/mol. The third-order valence-corrected chi connectivity index (χ3v) is 5.29. The van der Waals surface area contributed by atoms with Crippen LogP contribution in [0.5, 0.6) is 0 Å². The molecule has 8 heteroatoms. The van der Waals surface area contributed by atoms with Crippen LogP contribution in [-0.4, -0.2) is 26.7 Å². The van der Waals surface area contributed by atoms with Crippen LogP contribution in [0.1, 0.15) is 25.7 Å². The molecule has 0 atom stereocenters. The number of amides is 1. The van der Waals surface area contributed by atoms with Crippen molar-refractivity contribution in [2.45, 2.75) is 38.3 Å². The van der Waals surface area contributed by atoms with Crippen LogP contribution < -0.4 is 5.32 Å². The quantitative estimate of drug-likeness (QED) is 0.656. The maximum absolute atomic E-state index is 13.4. The Labute approximate surface area is 163 Å². The van der Waals surface area contributed by atoms with Gasteiger partial charge in [0.1, 0.15) is 18.1 Å². The minimum absolute atomic E-state index is 0.0263. The molecule has 27 heavy (non-hydrogen) atoms. The first-order valence-corrected chi connectivity index (χ1v) is 9.63. The third-order valence-electron chi connectivity index (χ3n) is 4.69. The van der Waals surface area contributed by atoms with Gasteiger partial charge in [0.05, 0.1) is 4.47 Å². The van der Waals surface area contributed by atoms with E-state index in [4.69, 9.17) is 4.52 Å². The van der Waals surface area contributed by atoms with Gasteiger partial charge in [-0.2, -0.15) is 4.98 Å². The van der Waals surface area contributed by atoms with Crippen LogP contribution in [-0.2, 0) is 11.3 Å². The Morgan fingerprint density at radius 1 is 1.33 bits per heavy atom. The SMILES string of the molecule is O=C(Cn1cccc1-c1nc(-c2ccc(F)c(Br)c2)no1)NC1CCCC1. The lowest BCUT2D eigenvalue weighted by atomic mass is 10.2. The van der Waals surface area contributed by atoms with Crippen LogP contribution in [0.2, 0.25) is 0 Å². The molecule has 0 spiro atoms. The summed E-state index contributed by atoms with van der Waals surface area (Å²) in [5.74, 6) is 0.282. The van der Waals surface area contributed by atoms with Gasteiger partial charge in [0, 0.05) is 17.8 Å². The molecule has 1 aromatic carbocycles. The van der Waals surface area contributed by atoms with Gasteiger partial charge in [-0.15, -0.1) is 0 Å². The van der Waals surface area contributed by atoms with Crippen molar-refractivity contribution in [1.29, 1.82) is 0 Å². The number of carbonyl (C=O) groups is 1. The zero-order valence-corrected chi connectivity index (χ0v) is 16.1. The number of carbonyl (C=O) groups excluding carboxylic acids is 1. The van der Waals surface area contributed by atoms with E-state index in [9.17, 15) is 9.18 Å². The molecule has 2 heterocycles. The molecule has 0 saturated heterocycles. The molecule has 2 aromatic heterocycles. The van der Waals surface area contributed by atoms with Gasteiger partial charge >= 0.3 is 0 Å². The Kier molecular flexibility index (Phi) is 5.07. The predicted octanol–water partition coefficient (Wildman–Crippen LogP) is 4.17. The topological polar surface area (TPSA) is 73.0 Å². The number of hydrogen-bond donors (Lipinski definition) is 1. The van der Waals surface area contributed by atoms with Crippen molar-refractivity contribution >= 4 is 21.8 Å². The first-order chi connectivity index (χ1) is 13.1. The van der Waals surface area contributed by atoms with Crippen LogP contribution in [0.4, 0.5) is 4.39 Å². The van der Waals surface area contributed by atoms with Crippen LogP contribution in [0.3, 0.4) is 0 Å². The lowest BCUT2D eigenvalue weighted by Crippen LogP contribution is -2.35. The summed E-state index contributed by atoms with van der Waals surface area (Å²) < 4.78 is 20.9. The van der Waals surface area contributed by atoms with E-state index in [1.54, 1.807) is 16.7 Å². The van der Waals surface area contributed by atoms with E-state index >= 15 is 0 Å². The van der Waals surface area contributed by atoms with Crippen molar-refractivity contribution in [3.8, 4) is 23.0 Å². The van der Waals surface area contributed by atoms with E-state index in [-0.39, 0.29) is 24.3 Å². The Bertz CT molecular complexity index is 962. The zero-order valence-electron chi connectivity index (χ0n) is 14.5. The molecule has 0 aliphatic heterocycles. The standard InChI is InChI=1S/C19H18BrFN4O2/c20-14-10-12(7-8-15(14)21)18-23-19(27-24-18)16-6-3-9-25(16)11-17(26)22-13-4-1-2-5-13/h3,6-10,13H,1-2,4-5,11H2,(H,22,26). The van der Waals surface area contributed by atoms with Gasteiger partial charge in [0.2, 0.25) is 11.7 Å². The van der Waals surface area contributed by atoms with E-state index in [2.05, 4.69) is 31.4 Å². The van der Waals surface area contributed by atoms with Gasteiger partial charge < -0.3 is 14.4 Å². The number of halogens is 2. The second-order valence-corrected chi connectivity index (χ2v) is 7.48. The summed E-state index contributed by atoms with van der Waals surface area (Å²) in [7, 11) is 0. The van der Waals surface area contributed by atoms with Crippen molar-refractivity contribution in [3.05, 3.63) is 46.8 Å². The fraction of sp³-hybridized carbons (Fsp3) is 0.316. The second kappa shape index (κ2) is 7.64. The van der Waals surface area contributed by atoms with Gasteiger partial charge in [-0.25, -0.2) is 4.39 Å². The average molecular weight is 433 g/mol. The molecule has 0 unspecified atom stereocenters. The highest BCUT2D eigenvalue weighted by molar-refractivity contribution is 9.10. The minimum Gasteiger partial charge on any atom is -0.352 e. The highest BCUT2D eigenvalue weighted by Gasteiger charge is 2.19. The van der Waals surface area contributed by atoms with Crippen LogP contribution in [0, 0.1) is 5.82 Å². The molecular formula is C19H18BrFN4O2. The van der Waals surface area contributed by atoms with E-state index in [0.29, 0.717) is 27.4 Å². The Hall–Kier alpha value is -2.48. The molecule has 3 aromatic rings. The van der Waals surface area contributed by atoms with Crippen molar-refractivity contribution in [2.24, 2.45) is 0 Å². The summed E-state index contributed by atoms with van der Waals surface area (Å²) in [6, 6.07) is 8.45. The van der Waals surface area contributed by atoms with Crippen LogP contribution in [0.25, 0.3) is 23.0 Å². The summed E-state index contributed by atoms with van der Waals surface area (Å²) in [5, 5.41) is 7.04. The summed E-state index contributed by atoms with van der Waals surface area (Å²) in [6.07, 6.45) is 6.24. The van der Waals surface area contributed by atoms with E-state index in [1.807, 2.05) is 18.3 Å². The van der Waals surface area contributed by atoms with Crippen LogP contribution in [0.15, 0.2) is 45.5 Å². The number of nitrogens with one attached hydrogen (secondary N) is 1. The lowest BCUT2D eigenvalue weighted by Gasteiger charge is -2.13. The molecule has 0 bridgehead atoms. The summed E-state index contributed by atoms with van der Waals surface area (Å²) in [5.41, 5.74) is 1.30. The molecular weight excluding hydrogens is 415 g/mol. The molecule has 140 valence electrons. The fourth-order valence-electron chi connectivity index (χ4n) is 3.32. The summed E-state index contributed by atoms with van der Waals surface area (Å²) in [4.78, 5) is 16.7. The molecule has 1 saturated carbocycles. The predicted molar refractivity (Wildman–Crippen MR) is 101 cm³/mol. The molecule has 1 aliphatic carbocycles. The van der Waals surface area contributed by atoms with Gasteiger partial charge in [0.15, 0.2) is 0 Å². The number of nitrogens with zero attached hydrogens (tertiary/aromatic N) is 3. The first kappa shape index (κ1) is 17.9. The van der Waals surface area contributed by atoms with Gasteiger partial charge in [-0.05, 0) is 59.1 Å². The smallest absolute Gasteiger partial charge is 0.274 e. The molecule has 4 rings (SSSR count). The Balaban J connectivity index is 1.51. The maximum atomic E-state index is 13.4. The number of aromatic nitrogens is 3. The van der Waals surface area contributed by atoms with Crippen molar-refractivity contribution < 1.29 is 13.7 Å². The van der Waals surface area contributed by atoms with Crippen molar-refractivity contribution in [3.63, 3.8) is 0 Å². The zero-order chi connectivity index (χ0) is 18.8. The van der Waals surface area contributed by atoms with E-state index in [1.165, 1.54) is 18.9 Å². The normalized spacial score (nSPS) is 14.6. The molecule has 1 fully saturated rings. The highest BCUT2D eigenvalue weighted by Crippen LogP contribution is 2.26. The Morgan fingerprint density at radius 2 is 2.15 bits per heavy atom.